The number of aromatic nitrogens is 6. The first-order valence-electron chi connectivity index (χ1n) is 11.2. The average molecular weight is 531 g/mol. The number of nitrogens with one attached hydrogen (secondary N) is 1. The van der Waals surface area contributed by atoms with Crippen molar-refractivity contribution in [1.29, 1.82) is 0 Å². The Labute approximate surface area is 220 Å². The number of anilines is 2. The summed E-state index contributed by atoms with van der Waals surface area (Å²) in [6, 6.07) is 16.9. The Morgan fingerprint density at radius 1 is 1.08 bits per heavy atom. The van der Waals surface area contributed by atoms with Crippen molar-refractivity contribution in [2.75, 3.05) is 5.32 Å². The Balaban J connectivity index is 1.41. The molecule has 0 aliphatic carbocycles. The van der Waals surface area contributed by atoms with Crippen LogP contribution in [0.5, 0.6) is 11.6 Å². The summed E-state index contributed by atoms with van der Waals surface area (Å²) in [6.45, 7) is 1.88. The lowest BCUT2D eigenvalue weighted by Gasteiger charge is -2.15. The van der Waals surface area contributed by atoms with E-state index in [0.717, 1.165) is 5.56 Å². The molecule has 0 bridgehead atoms. The molecule has 0 saturated heterocycles. The average Bonchev–Trinajstić information content (AvgIpc) is 3.34. The third-order valence-electron chi connectivity index (χ3n) is 5.28. The van der Waals surface area contributed by atoms with Gasteiger partial charge in [0.25, 0.3) is 17.4 Å². The van der Waals surface area contributed by atoms with Gasteiger partial charge in [-0.3, -0.25) is 14.2 Å². The van der Waals surface area contributed by atoms with Crippen LogP contribution in [0.25, 0.3) is 11.5 Å². The maximum absolute atomic E-state index is 13.5. The lowest BCUT2D eigenvalue weighted by Crippen LogP contribution is -2.26. The Hall–Kier alpha value is -5.10. The van der Waals surface area contributed by atoms with Crippen LogP contribution in [0, 0.1) is 6.92 Å². The largest absolute Gasteiger partial charge is 0.438 e. The summed E-state index contributed by atoms with van der Waals surface area (Å²) in [5.41, 5.74) is 6.51. The molecule has 12 nitrogen and oxygen atoms in total. The predicted octanol–water partition coefficient (Wildman–Crippen LogP) is 3.73. The van der Waals surface area contributed by atoms with Gasteiger partial charge in [-0.05, 0) is 55.0 Å². The predicted molar refractivity (Wildman–Crippen MR) is 137 cm³/mol. The Kier molecular flexibility index (Phi) is 6.78. The van der Waals surface area contributed by atoms with Crippen molar-refractivity contribution in [2.24, 2.45) is 5.73 Å². The van der Waals surface area contributed by atoms with E-state index >= 15 is 0 Å². The second kappa shape index (κ2) is 10.5. The molecule has 0 saturated carbocycles. The van der Waals surface area contributed by atoms with Gasteiger partial charge in [0.05, 0.1) is 6.54 Å². The van der Waals surface area contributed by atoms with Gasteiger partial charge in [-0.1, -0.05) is 28.9 Å². The fourth-order valence-corrected chi connectivity index (χ4v) is 3.55. The summed E-state index contributed by atoms with van der Waals surface area (Å²) in [7, 11) is 0. The van der Waals surface area contributed by atoms with Gasteiger partial charge in [-0.15, -0.1) is 10.2 Å². The number of halogens is 1. The van der Waals surface area contributed by atoms with E-state index in [0.29, 0.717) is 28.2 Å². The van der Waals surface area contributed by atoms with Gasteiger partial charge in [-0.25, -0.2) is 4.98 Å². The first-order valence-corrected chi connectivity index (χ1v) is 11.6. The molecule has 5 aromatic rings. The molecule has 190 valence electrons. The number of carbonyl (C=O) groups excluding carboxylic acids is 1. The molecule has 0 spiro atoms. The van der Waals surface area contributed by atoms with E-state index in [-0.39, 0.29) is 35.1 Å². The Morgan fingerprint density at radius 3 is 2.47 bits per heavy atom. The van der Waals surface area contributed by atoms with Crippen LogP contribution in [0.1, 0.15) is 21.9 Å². The third kappa shape index (κ3) is 5.50. The minimum Gasteiger partial charge on any atom is -0.438 e. The number of ether oxygens (including phenoxy) is 1. The van der Waals surface area contributed by atoms with Crippen molar-refractivity contribution in [3.05, 3.63) is 99.3 Å². The molecule has 1 amide bonds. The highest BCUT2D eigenvalue weighted by molar-refractivity contribution is 6.30. The van der Waals surface area contributed by atoms with Crippen LogP contribution in [0.3, 0.4) is 0 Å². The lowest BCUT2D eigenvalue weighted by atomic mass is 10.2. The molecule has 0 unspecified atom stereocenters. The van der Waals surface area contributed by atoms with E-state index in [1.807, 2.05) is 12.1 Å². The normalized spacial score (nSPS) is 10.8. The third-order valence-corrected chi connectivity index (χ3v) is 5.54. The number of hydrogen-bond acceptors (Lipinski definition) is 10. The number of hydrogen-bond donors (Lipinski definition) is 2. The van der Waals surface area contributed by atoms with E-state index in [4.69, 9.17) is 26.6 Å². The van der Waals surface area contributed by atoms with Crippen LogP contribution in [0.15, 0.2) is 76.2 Å². The second-order valence-electron chi connectivity index (χ2n) is 8.03. The van der Waals surface area contributed by atoms with E-state index in [2.05, 4.69) is 30.6 Å². The summed E-state index contributed by atoms with van der Waals surface area (Å²) < 4.78 is 12.3. The fraction of sp³-hybridized carbons (Fsp3) is 0.0800. The molecule has 3 heterocycles. The van der Waals surface area contributed by atoms with Crippen molar-refractivity contribution in [2.45, 2.75) is 13.5 Å². The quantitative estimate of drug-likeness (QED) is 0.302. The van der Waals surface area contributed by atoms with Crippen molar-refractivity contribution < 1.29 is 14.1 Å². The molecule has 0 atom stereocenters. The maximum Gasteiger partial charge on any atom is 0.269 e. The Morgan fingerprint density at radius 2 is 1.84 bits per heavy atom. The molecular formula is C25H19ClN8O4. The summed E-state index contributed by atoms with van der Waals surface area (Å²) >= 11 is 6.02. The lowest BCUT2D eigenvalue weighted by molar-refractivity contribution is 0.0994. The molecular weight excluding hydrogens is 512 g/mol. The molecule has 13 heteroatoms. The van der Waals surface area contributed by atoms with E-state index < -0.39 is 5.91 Å². The van der Waals surface area contributed by atoms with E-state index in [1.165, 1.54) is 22.9 Å². The standard InChI is InChI=1S/C25H19ClN8O4/c1-14-29-23(38-33-14)19-12-28-25(34(24(19)36)13-15-2-4-16(26)5-3-15)30-17-6-8-18(9-7-17)37-21-11-10-20(22(27)35)31-32-21/h2-12H,13H2,1H3,(H2,27,35)(H,28,30). The van der Waals surface area contributed by atoms with Crippen LogP contribution < -0.4 is 21.3 Å². The number of nitrogens with two attached hydrogens (primary N) is 1. The zero-order valence-corrected chi connectivity index (χ0v) is 20.6. The first kappa shape index (κ1) is 24.6. The zero-order valence-electron chi connectivity index (χ0n) is 19.8. The van der Waals surface area contributed by atoms with E-state index in [1.54, 1.807) is 43.3 Å². The molecule has 2 aromatic carbocycles. The smallest absolute Gasteiger partial charge is 0.269 e. The molecule has 3 N–H and O–H groups in total. The number of benzene rings is 2. The minimum atomic E-state index is -0.678. The number of rotatable bonds is 8. The molecule has 5 rings (SSSR count). The van der Waals surface area contributed by atoms with Gasteiger partial charge >= 0.3 is 0 Å². The summed E-state index contributed by atoms with van der Waals surface area (Å²) in [5, 5.41) is 15.1. The van der Waals surface area contributed by atoms with Crippen molar-refractivity contribution in [1.82, 2.24) is 29.9 Å². The first-order chi connectivity index (χ1) is 18.4. The van der Waals surface area contributed by atoms with Gasteiger partial charge in [0.1, 0.15) is 11.3 Å². The van der Waals surface area contributed by atoms with E-state index in [9.17, 15) is 9.59 Å². The van der Waals surface area contributed by atoms with Gasteiger partial charge < -0.3 is 20.3 Å². The minimum absolute atomic E-state index is 0.0364. The highest BCUT2D eigenvalue weighted by Crippen LogP contribution is 2.24. The second-order valence-corrected chi connectivity index (χ2v) is 8.47. The van der Waals surface area contributed by atoms with Crippen molar-refractivity contribution >= 4 is 29.1 Å². The van der Waals surface area contributed by atoms with Crippen LogP contribution in [-0.4, -0.2) is 35.8 Å². The fourth-order valence-electron chi connectivity index (χ4n) is 3.43. The summed E-state index contributed by atoms with van der Waals surface area (Å²) in [6.07, 6.45) is 1.39. The van der Waals surface area contributed by atoms with Gasteiger partial charge in [-0.2, -0.15) is 4.98 Å². The van der Waals surface area contributed by atoms with Gasteiger partial charge in [0, 0.05) is 23.0 Å². The highest BCUT2D eigenvalue weighted by atomic mass is 35.5. The number of aryl methyl sites for hydroxylation is 1. The van der Waals surface area contributed by atoms with Gasteiger partial charge in [0.2, 0.25) is 11.8 Å². The van der Waals surface area contributed by atoms with Gasteiger partial charge in [0.15, 0.2) is 11.5 Å². The van der Waals surface area contributed by atoms with Crippen LogP contribution in [0.2, 0.25) is 5.02 Å². The van der Waals surface area contributed by atoms with Crippen LogP contribution >= 0.6 is 11.6 Å². The summed E-state index contributed by atoms with van der Waals surface area (Å²) in [5.74, 6) is 0.786. The number of carbonyl (C=O) groups is 1. The number of amides is 1. The number of nitrogens with zero attached hydrogens (tertiary/aromatic N) is 6. The van der Waals surface area contributed by atoms with Crippen LogP contribution in [0.4, 0.5) is 11.6 Å². The maximum atomic E-state index is 13.5. The topological polar surface area (TPSA) is 164 Å². The molecule has 0 radical (unpaired) electrons. The molecule has 0 fully saturated rings. The molecule has 3 aromatic heterocycles. The zero-order chi connectivity index (χ0) is 26.6. The molecule has 38 heavy (non-hydrogen) atoms. The van der Waals surface area contributed by atoms with Crippen LogP contribution in [-0.2, 0) is 6.54 Å². The molecule has 0 aliphatic rings. The molecule has 0 aliphatic heterocycles. The highest BCUT2D eigenvalue weighted by Gasteiger charge is 2.17. The van der Waals surface area contributed by atoms with Crippen molar-refractivity contribution in [3.8, 4) is 23.1 Å². The monoisotopic (exact) mass is 530 g/mol. The number of primary amides is 1. The SMILES string of the molecule is Cc1noc(-c2cnc(Nc3ccc(Oc4ccc(C(N)=O)nn4)cc3)n(Cc3ccc(Cl)cc3)c2=O)n1. The van der Waals surface area contributed by atoms with Crippen molar-refractivity contribution in [3.63, 3.8) is 0 Å². The Bertz CT molecular complexity index is 1650. The summed E-state index contributed by atoms with van der Waals surface area (Å²) in [4.78, 5) is 33.2.